The summed E-state index contributed by atoms with van der Waals surface area (Å²) in [5, 5.41) is 9.87. The number of hydrogen-bond acceptors (Lipinski definition) is 0. The maximum absolute atomic E-state index is 4.72. The average molecular weight is 753 g/mol. The third kappa shape index (κ3) is 5.41. The first-order chi connectivity index (χ1) is 29.2. The van der Waals surface area contributed by atoms with Gasteiger partial charge in [-0.05, 0) is 87.1 Å². The number of fused-ring (bicyclic) bond motifs is 4. The molecule has 0 amide bonds. The second-order valence-corrected chi connectivity index (χ2v) is 15.3. The zero-order chi connectivity index (χ0) is 39.5. The molecule has 2 nitrogen and oxygen atoms in total. The van der Waals surface area contributed by atoms with Crippen molar-refractivity contribution in [3.8, 4) is 45.0 Å². The molecular formula is C57H40N2. The van der Waals surface area contributed by atoms with E-state index in [2.05, 4.69) is 221 Å². The molecule has 2 aromatic heterocycles. The number of para-hydroxylation sites is 2. The van der Waals surface area contributed by atoms with Crippen LogP contribution in [0.4, 0.5) is 0 Å². The molecule has 2 heteroatoms. The van der Waals surface area contributed by atoms with Crippen LogP contribution in [0.5, 0.6) is 0 Å². The second kappa shape index (κ2) is 14.1. The van der Waals surface area contributed by atoms with Crippen molar-refractivity contribution in [1.29, 1.82) is 0 Å². The summed E-state index contributed by atoms with van der Waals surface area (Å²) in [6.45, 7) is 6.76. The summed E-state index contributed by atoms with van der Waals surface area (Å²) in [6, 6.07) is 68.5. The Hall–Kier alpha value is -7.68. The molecule has 0 radical (unpaired) electrons. The highest BCUT2D eigenvalue weighted by Crippen LogP contribution is 2.50. The van der Waals surface area contributed by atoms with Crippen molar-refractivity contribution in [2.45, 2.75) is 6.92 Å². The van der Waals surface area contributed by atoms with Crippen molar-refractivity contribution >= 4 is 59.7 Å². The van der Waals surface area contributed by atoms with E-state index in [1.165, 1.54) is 76.5 Å². The number of nitrogens with zero attached hydrogens (tertiary/aromatic N) is 2. The Morgan fingerprint density at radius 2 is 0.881 bits per heavy atom. The first-order valence-corrected chi connectivity index (χ1v) is 20.3. The van der Waals surface area contributed by atoms with Gasteiger partial charge in [0, 0.05) is 44.0 Å². The van der Waals surface area contributed by atoms with Crippen LogP contribution < -0.4 is 0 Å². The summed E-state index contributed by atoms with van der Waals surface area (Å²) in [5.74, 6) is 0. The van der Waals surface area contributed by atoms with Gasteiger partial charge in [0.25, 0.3) is 0 Å². The molecule has 0 bridgehead atoms. The Kier molecular flexibility index (Phi) is 8.23. The van der Waals surface area contributed by atoms with Crippen LogP contribution in [0.25, 0.3) is 105 Å². The maximum atomic E-state index is 4.72. The maximum Gasteiger partial charge on any atom is 0.0620 e. The molecule has 11 rings (SSSR count). The van der Waals surface area contributed by atoms with E-state index >= 15 is 0 Å². The lowest BCUT2D eigenvalue weighted by Crippen LogP contribution is -1.99. The van der Waals surface area contributed by atoms with Crippen LogP contribution in [0.3, 0.4) is 0 Å². The number of hydrogen-bond donors (Lipinski definition) is 0. The summed E-state index contributed by atoms with van der Waals surface area (Å²) in [4.78, 5) is 0. The molecule has 9 aromatic carbocycles. The van der Waals surface area contributed by atoms with Crippen LogP contribution in [-0.2, 0) is 0 Å². The van der Waals surface area contributed by atoms with Gasteiger partial charge in [0.1, 0.15) is 0 Å². The lowest BCUT2D eigenvalue weighted by atomic mass is 9.89. The normalized spacial score (nSPS) is 12.1. The Balaban J connectivity index is 1.34. The van der Waals surface area contributed by atoms with E-state index in [1.807, 2.05) is 6.92 Å². The number of benzene rings is 9. The molecule has 0 saturated heterocycles. The molecule has 278 valence electrons. The van der Waals surface area contributed by atoms with E-state index in [0.29, 0.717) is 0 Å². The standard InChI is InChI=1S/C57H40N2/c1-3-4-10-21-38(2)50-48-36-42-32-35-47-52-43(33-34-46(51(42)52)56(48)58(44-28-17-8-18-29-44)54(50)40-24-13-6-14-25-40)37-49-53(39-22-11-5-12-23-39)55(41-26-15-7-16-27-41)59(57(47)49)45-30-19-9-20-31-45/h3-37H,2H2,1H3/b4-3-,21-10-. The first-order valence-electron chi connectivity index (χ1n) is 20.3. The fraction of sp³-hybridized carbons (Fsp3) is 0.0175. The third-order valence-corrected chi connectivity index (χ3v) is 11.9. The SMILES string of the molecule is C=C(/C=C\C=C/C)c1c(-c2ccccc2)n(-c2ccccc2)c2c1cc1ccc3c4c(ccc2c14)cc1c(-c2ccccc2)c(-c2ccccc2)n(-c2ccccc2)c13. The van der Waals surface area contributed by atoms with Crippen molar-refractivity contribution in [2.24, 2.45) is 0 Å². The first kappa shape index (κ1) is 34.6. The Morgan fingerprint density at radius 3 is 1.41 bits per heavy atom. The van der Waals surface area contributed by atoms with Crippen LogP contribution in [0.15, 0.2) is 219 Å². The Labute approximate surface area is 343 Å². The van der Waals surface area contributed by atoms with Gasteiger partial charge in [-0.2, -0.15) is 0 Å². The van der Waals surface area contributed by atoms with Crippen LogP contribution in [-0.4, -0.2) is 9.13 Å². The summed E-state index contributed by atoms with van der Waals surface area (Å²) in [7, 11) is 0. The molecule has 2 heterocycles. The van der Waals surface area contributed by atoms with E-state index in [-0.39, 0.29) is 0 Å². The van der Waals surface area contributed by atoms with Crippen LogP contribution >= 0.6 is 0 Å². The summed E-state index contributed by atoms with van der Waals surface area (Å²) < 4.78 is 4.98. The van der Waals surface area contributed by atoms with E-state index in [9.17, 15) is 0 Å². The third-order valence-electron chi connectivity index (χ3n) is 11.9. The van der Waals surface area contributed by atoms with E-state index in [4.69, 9.17) is 6.58 Å². The zero-order valence-electron chi connectivity index (χ0n) is 32.8. The molecule has 0 saturated carbocycles. The monoisotopic (exact) mass is 752 g/mol. The van der Waals surface area contributed by atoms with E-state index in [0.717, 1.165) is 33.8 Å². The molecule has 0 fully saturated rings. The van der Waals surface area contributed by atoms with Crippen molar-refractivity contribution in [1.82, 2.24) is 9.13 Å². The molecule has 0 N–H and O–H groups in total. The van der Waals surface area contributed by atoms with Gasteiger partial charge in [-0.15, -0.1) is 0 Å². The van der Waals surface area contributed by atoms with Gasteiger partial charge in [-0.25, -0.2) is 0 Å². The fourth-order valence-electron chi connectivity index (χ4n) is 9.48. The van der Waals surface area contributed by atoms with Gasteiger partial charge in [0.05, 0.1) is 22.4 Å². The predicted molar refractivity (Wildman–Crippen MR) is 253 cm³/mol. The van der Waals surface area contributed by atoms with Crippen LogP contribution in [0.1, 0.15) is 12.5 Å². The van der Waals surface area contributed by atoms with Crippen molar-refractivity contribution < 1.29 is 0 Å². The van der Waals surface area contributed by atoms with Gasteiger partial charge < -0.3 is 9.13 Å². The molecule has 0 aliphatic carbocycles. The Morgan fingerprint density at radius 1 is 0.441 bits per heavy atom. The van der Waals surface area contributed by atoms with Crippen LogP contribution in [0.2, 0.25) is 0 Å². The lowest BCUT2D eigenvalue weighted by Gasteiger charge is -2.17. The van der Waals surface area contributed by atoms with E-state index < -0.39 is 0 Å². The van der Waals surface area contributed by atoms with Crippen molar-refractivity contribution in [2.75, 3.05) is 0 Å². The van der Waals surface area contributed by atoms with Gasteiger partial charge in [0.15, 0.2) is 0 Å². The summed E-state index contributed by atoms with van der Waals surface area (Å²) >= 11 is 0. The molecule has 0 atom stereocenters. The molecule has 0 aliphatic heterocycles. The minimum Gasteiger partial charge on any atom is -0.308 e. The highest BCUT2D eigenvalue weighted by molar-refractivity contribution is 6.34. The summed E-state index contributed by atoms with van der Waals surface area (Å²) in [6.07, 6.45) is 8.35. The smallest absolute Gasteiger partial charge is 0.0620 e. The Bertz CT molecular complexity index is 3400. The molecule has 0 spiro atoms. The fourth-order valence-corrected chi connectivity index (χ4v) is 9.48. The molecule has 0 unspecified atom stereocenters. The largest absolute Gasteiger partial charge is 0.308 e. The lowest BCUT2D eigenvalue weighted by molar-refractivity contribution is 1.14. The second-order valence-electron chi connectivity index (χ2n) is 15.3. The van der Waals surface area contributed by atoms with Gasteiger partial charge >= 0.3 is 0 Å². The van der Waals surface area contributed by atoms with E-state index in [1.54, 1.807) is 0 Å². The predicted octanol–water partition coefficient (Wildman–Crippen LogP) is 15.6. The minimum absolute atomic E-state index is 0.971. The average Bonchev–Trinajstić information content (AvgIpc) is 3.83. The van der Waals surface area contributed by atoms with Crippen molar-refractivity contribution in [3.63, 3.8) is 0 Å². The topological polar surface area (TPSA) is 9.86 Å². The van der Waals surface area contributed by atoms with Crippen LogP contribution in [0, 0.1) is 0 Å². The quantitative estimate of drug-likeness (QED) is 0.108. The molecule has 11 aromatic rings. The zero-order valence-corrected chi connectivity index (χ0v) is 32.8. The van der Waals surface area contributed by atoms with Crippen molar-refractivity contribution in [3.05, 3.63) is 225 Å². The van der Waals surface area contributed by atoms with Gasteiger partial charge in [-0.3, -0.25) is 0 Å². The number of rotatable bonds is 8. The molecule has 59 heavy (non-hydrogen) atoms. The molecule has 0 aliphatic rings. The molecular weight excluding hydrogens is 713 g/mol. The minimum atomic E-state index is 0.971. The van der Waals surface area contributed by atoms with Gasteiger partial charge in [0.2, 0.25) is 0 Å². The summed E-state index contributed by atoms with van der Waals surface area (Å²) in [5.41, 5.74) is 13.8. The highest BCUT2D eigenvalue weighted by Gasteiger charge is 2.27. The highest BCUT2D eigenvalue weighted by atomic mass is 15.0. The van der Waals surface area contributed by atoms with Gasteiger partial charge in [-0.1, -0.05) is 183 Å². The number of aromatic nitrogens is 2. The number of allylic oxidation sites excluding steroid dienone is 5.